The van der Waals surface area contributed by atoms with E-state index in [1.165, 1.54) is 0 Å². The van der Waals surface area contributed by atoms with Gasteiger partial charge in [-0.1, -0.05) is 26.1 Å². The Morgan fingerprint density at radius 1 is 1.62 bits per heavy atom. The van der Waals surface area contributed by atoms with Crippen molar-refractivity contribution < 1.29 is 9.53 Å². The highest BCUT2D eigenvalue weighted by atomic mass is 32.1. The summed E-state index contributed by atoms with van der Waals surface area (Å²) in [5.74, 6) is 0. The van der Waals surface area contributed by atoms with Gasteiger partial charge in [0.15, 0.2) is 0 Å². The van der Waals surface area contributed by atoms with Crippen molar-refractivity contribution >= 4 is 23.2 Å². The van der Waals surface area contributed by atoms with Crippen LogP contribution in [0.4, 0.5) is 4.79 Å². The largest absolute Gasteiger partial charge is 0.393 e. The molecule has 4 N–H and O–H groups in total. The molecular weight excluding hydrogens is 226 g/mol. The highest BCUT2D eigenvalue weighted by Crippen LogP contribution is 2.13. The van der Waals surface area contributed by atoms with Crippen LogP contribution >= 0.6 is 12.2 Å². The number of nitrogens with two attached hydrogens (primary N) is 1. The number of urea groups is 1. The lowest BCUT2D eigenvalue weighted by Gasteiger charge is -2.23. The van der Waals surface area contributed by atoms with Crippen LogP contribution in [-0.2, 0) is 4.74 Å². The van der Waals surface area contributed by atoms with Crippen LogP contribution in [0.1, 0.15) is 20.3 Å². The van der Waals surface area contributed by atoms with Gasteiger partial charge in [0.05, 0.1) is 17.6 Å². The van der Waals surface area contributed by atoms with E-state index in [1.54, 1.807) is 0 Å². The second-order valence-electron chi connectivity index (χ2n) is 4.64. The summed E-state index contributed by atoms with van der Waals surface area (Å²) >= 11 is 4.91. The predicted molar refractivity (Wildman–Crippen MR) is 66.3 cm³/mol. The van der Waals surface area contributed by atoms with Crippen molar-refractivity contribution in [2.75, 3.05) is 19.8 Å². The summed E-state index contributed by atoms with van der Waals surface area (Å²) in [5, 5.41) is 5.59. The summed E-state index contributed by atoms with van der Waals surface area (Å²) in [7, 11) is 0. The van der Waals surface area contributed by atoms with E-state index in [-0.39, 0.29) is 17.5 Å². The molecule has 92 valence electrons. The Morgan fingerprint density at radius 3 is 2.81 bits per heavy atom. The summed E-state index contributed by atoms with van der Waals surface area (Å²) in [4.78, 5) is 11.9. The number of hydrogen-bond donors (Lipinski definition) is 3. The van der Waals surface area contributed by atoms with Gasteiger partial charge >= 0.3 is 6.03 Å². The number of rotatable bonds is 4. The Hall–Kier alpha value is -0.880. The van der Waals surface area contributed by atoms with Crippen molar-refractivity contribution in [3.8, 4) is 0 Å². The van der Waals surface area contributed by atoms with Crippen molar-refractivity contribution in [3.63, 3.8) is 0 Å². The fraction of sp³-hybridized carbons (Fsp3) is 0.800. The van der Waals surface area contributed by atoms with Crippen molar-refractivity contribution in [1.29, 1.82) is 0 Å². The monoisotopic (exact) mass is 245 g/mol. The maximum Gasteiger partial charge on any atom is 0.315 e. The maximum atomic E-state index is 11.5. The molecule has 0 aromatic carbocycles. The maximum absolute atomic E-state index is 11.5. The number of carbonyl (C=O) groups excluding carboxylic acids is 1. The van der Waals surface area contributed by atoms with E-state index in [1.807, 2.05) is 13.8 Å². The van der Waals surface area contributed by atoms with Crippen LogP contribution in [0.5, 0.6) is 0 Å². The van der Waals surface area contributed by atoms with Gasteiger partial charge in [-0.3, -0.25) is 0 Å². The van der Waals surface area contributed by atoms with E-state index in [9.17, 15) is 4.79 Å². The summed E-state index contributed by atoms with van der Waals surface area (Å²) in [5.41, 5.74) is 5.20. The molecule has 1 saturated heterocycles. The Bertz CT molecular complexity index is 275. The number of thiocarbonyl (C=S) groups is 1. The van der Waals surface area contributed by atoms with Crippen LogP contribution < -0.4 is 16.4 Å². The van der Waals surface area contributed by atoms with Crippen molar-refractivity contribution in [2.24, 2.45) is 11.1 Å². The third-order valence-electron chi connectivity index (χ3n) is 2.62. The van der Waals surface area contributed by atoms with Crippen molar-refractivity contribution in [1.82, 2.24) is 10.6 Å². The van der Waals surface area contributed by atoms with Gasteiger partial charge in [0.1, 0.15) is 0 Å². The molecule has 1 aliphatic heterocycles. The van der Waals surface area contributed by atoms with E-state index >= 15 is 0 Å². The molecule has 0 saturated carbocycles. The third-order valence-corrected chi connectivity index (χ3v) is 3.18. The quantitative estimate of drug-likeness (QED) is 0.626. The predicted octanol–water partition coefficient (Wildman–Crippen LogP) is 0.387. The SMILES string of the molecule is CC(C)(CNC(=O)NC1CCOC1)C(N)=S. The number of hydrogen-bond acceptors (Lipinski definition) is 3. The lowest BCUT2D eigenvalue weighted by molar-refractivity contribution is 0.188. The molecule has 0 aromatic rings. The summed E-state index contributed by atoms with van der Waals surface area (Å²) in [6, 6.07) is -0.0761. The normalized spacial score (nSPS) is 20.5. The summed E-state index contributed by atoms with van der Waals surface area (Å²) in [6.45, 7) is 5.53. The fourth-order valence-corrected chi connectivity index (χ4v) is 1.35. The minimum absolute atomic E-state index is 0.118. The molecule has 1 aliphatic rings. The molecule has 1 rings (SSSR count). The van der Waals surface area contributed by atoms with E-state index in [4.69, 9.17) is 22.7 Å². The zero-order chi connectivity index (χ0) is 12.2. The highest BCUT2D eigenvalue weighted by Gasteiger charge is 2.23. The molecule has 1 unspecified atom stereocenters. The molecule has 0 aliphatic carbocycles. The Balaban J connectivity index is 2.26. The zero-order valence-electron chi connectivity index (χ0n) is 9.71. The smallest absolute Gasteiger partial charge is 0.315 e. The first kappa shape index (κ1) is 13.2. The van der Waals surface area contributed by atoms with Crippen LogP contribution in [0.15, 0.2) is 0 Å². The molecule has 5 nitrogen and oxygen atoms in total. The van der Waals surface area contributed by atoms with E-state index in [2.05, 4.69) is 10.6 Å². The van der Waals surface area contributed by atoms with Gasteiger partial charge in [-0.15, -0.1) is 0 Å². The van der Waals surface area contributed by atoms with Crippen molar-refractivity contribution in [2.45, 2.75) is 26.3 Å². The van der Waals surface area contributed by atoms with Gasteiger partial charge in [0.2, 0.25) is 0 Å². The molecule has 6 heteroatoms. The number of ether oxygens (including phenoxy) is 1. The van der Waals surface area contributed by atoms with Gasteiger partial charge in [-0.2, -0.15) is 0 Å². The van der Waals surface area contributed by atoms with E-state index in [0.717, 1.165) is 6.42 Å². The molecule has 1 fully saturated rings. The molecule has 0 radical (unpaired) electrons. The number of nitrogens with one attached hydrogen (secondary N) is 2. The number of carbonyl (C=O) groups is 1. The van der Waals surface area contributed by atoms with E-state index < -0.39 is 0 Å². The molecule has 1 atom stereocenters. The lowest BCUT2D eigenvalue weighted by atomic mass is 9.94. The first-order valence-electron chi connectivity index (χ1n) is 5.34. The standard InChI is InChI=1S/C10H19N3O2S/c1-10(2,8(11)16)6-12-9(14)13-7-3-4-15-5-7/h7H,3-6H2,1-2H3,(H2,11,16)(H2,12,13,14). The average Bonchev–Trinajstić information content (AvgIpc) is 2.67. The minimum Gasteiger partial charge on any atom is -0.393 e. The zero-order valence-corrected chi connectivity index (χ0v) is 10.5. The Labute approximate surface area is 101 Å². The number of amides is 2. The van der Waals surface area contributed by atoms with Gasteiger partial charge < -0.3 is 21.1 Å². The lowest BCUT2D eigenvalue weighted by Crippen LogP contribution is -2.47. The van der Waals surface area contributed by atoms with Crippen molar-refractivity contribution in [3.05, 3.63) is 0 Å². The fourth-order valence-electron chi connectivity index (χ4n) is 1.27. The summed E-state index contributed by atoms with van der Waals surface area (Å²) < 4.78 is 5.16. The average molecular weight is 245 g/mol. The second-order valence-corrected chi connectivity index (χ2v) is 5.08. The first-order valence-corrected chi connectivity index (χ1v) is 5.74. The van der Waals surface area contributed by atoms with Crippen LogP contribution in [0.2, 0.25) is 0 Å². The minimum atomic E-state index is -0.362. The third kappa shape index (κ3) is 3.94. The topological polar surface area (TPSA) is 76.4 Å². The molecule has 2 amide bonds. The van der Waals surface area contributed by atoms with Crippen LogP contribution in [0.3, 0.4) is 0 Å². The molecule has 0 bridgehead atoms. The second kappa shape index (κ2) is 5.45. The van der Waals surface area contributed by atoms with Crippen LogP contribution in [0.25, 0.3) is 0 Å². The molecular formula is C10H19N3O2S. The highest BCUT2D eigenvalue weighted by molar-refractivity contribution is 7.80. The van der Waals surface area contributed by atoms with Gasteiger partial charge in [0.25, 0.3) is 0 Å². The van der Waals surface area contributed by atoms with E-state index in [0.29, 0.717) is 24.7 Å². The Kier molecular flexibility index (Phi) is 4.49. The molecule has 1 heterocycles. The van der Waals surface area contributed by atoms with Gasteiger partial charge in [0, 0.05) is 18.6 Å². The van der Waals surface area contributed by atoms with Crippen LogP contribution in [-0.4, -0.2) is 36.8 Å². The molecule has 16 heavy (non-hydrogen) atoms. The summed E-state index contributed by atoms with van der Waals surface area (Å²) in [6.07, 6.45) is 0.867. The Morgan fingerprint density at radius 2 is 2.31 bits per heavy atom. The van der Waals surface area contributed by atoms with Crippen LogP contribution in [0, 0.1) is 5.41 Å². The van der Waals surface area contributed by atoms with Gasteiger partial charge in [-0.25, -0.2) is 4.79 Å². The molecule has 0 aromatic heterocycles. The first-order chi connectivity index (χ1) is 7.42. The molecule has 0 spiro atoms. The van der Waals surface area contributed by atoms with Gasteiger partial charge in [-0.05, 0) is 6.42 Å².